The first-order chi connectivity index (χ1) is 19.0. The number of carbonyl (C=O) groups is 1. The SMILES string of the molecule is C=C(c1cccc(CN(C)C(=O)C(N=CN)(c2ccccc2)c2ccccc2)c1)N(CC)Cc1ccncc1. The number of aromatic nitrogens is 1. The first kappa shape index (κ1) is 27.3. The Morgan fingerprint density at radius 3 is 2.08 bits per heavy atom. The van der Waals surface area contributed by atoms with Gasteiger partial charge >= 0.3 is 0 Å². The maximum atomic E-state index is 14.3. The molecule has 0 radical (unpaired) electrons. The highest BCUT2D eigenvalue weighted by molar-refractivity contribution is 5.93. The van der Waals surface area contributed by atoms with Crippen molar-refractivity contribution in [1.82, 2.24) is 14.8 Å². The number of nitrogens with zero attached hydrogens (tertiary/aromatic N) is 4. The van der Waals surface area contributed by atoms with E-state index in [0.717, 1.165) is 41.0 Å². The van der Waals surface area contributed by atoms with Crippen LogP contribution in [-0.4, -0.2) is 40.6 Å². The lowest BCUT2D eigenvalue weighted by Crippen LogP contribution is -2.45. The van der Waals surface area contributed by atoms with Gasteiger partial charge in [0.1, 0.15) is 0 Å². The number of pyridine rings is 1. The molecule has 3 aromatic carbocycles. The normalized spacial score (nSPS) is 11.3. The van der Waals surface area contributed by atoms with E-state index < -0.39 is 5.54 Å². The van der Waals surface area contributed by atoms with Crippen LogP contribution in [-0.2, 0) is 23.4 Å². The fraction of sp³-hybridized carbons (Fsp3) is 0.182. The maximum absolute atomic E-state index is 14.3. The van der Waals surface area contributed by atoms with Crippen LogP contribution in [0.4, 0.5) is 0 Å². The minimum Gasteiger partial charge on any atom is -0.390 e. The molecule has 0 spiro atoms. The molecule has 0 saturated carbocycles. The van der Waals surface area contributed by atoms with Crippen LogP contribution in [0, 0.1) is 0 Å². The number of hydrogen-bond donors (Lipinski definition) is 1. The lowest BCUT2D eigenvalue weighted by Gasteiger charge is -2.33. The minimum absolute atomic E-state index is 0.168. The Morgan fingerprint density at radius 2 is 1.51 bits per heavy atom. The molecule has 198 valence electrons. The Kier molecular flexibility index (Phi) is 8.90. The van der Waals surface area contributed by atoms with Crippen molar-refractivity contribution >= 4 is 17.9 Å². The Bertz CT molecular complexity index is 1360. The average molecular weight is 518 g/mol. The summed E-state index contributed by atoms with van der Waals surface area (Å²) in [4.78, 5) is 26.9. The van der Waals surface area contributed by atoms with Crippen molar-refractivity contribution < 1.29 is 4.79 Å². The van der Waals surface area contributed by atoms with E-state index in [9.17, 15) is 4.79 Å². The molecular weight excluding hydrogens is 482 g/mol. The van der Waals surface area contributed by atoms with E-state index in [1.807, 2.05) is 84.9 Å². The van der Waals surface area contributed by atoms with Gasteiger partial charge < -0.3 is 15.5 Å². The van der Waals surface area contributed by atoms with Crippen LogP contribution in [0.3, 0.4) is 0 Å². The van der Waals surface area contributed by atoms with Gasteiger partial charge in [-0.05, 0) is 52.9 Å². The largest absolute Gasteiger partial charge is 0.390 e. The van der Waals surface area contributed by atoms with Gasteiger partial charge in [-0.1, -0.05) is 85.4 Å². The van der Waals surface area contributed by atoms with Gasteiger partial charge in [0.25, 0.3) is 5.91 Å². The highest BCUT2D eigenvalue weighted by Crippen LogP contribution is 2.36. The molecule has 0 aliphatic carbocycles. The fourth-order valence-electron chi connectivity index (χ4n) is 4.85. The van der Waals surface area contributed by atoms with E-state index >= 15 is 0 Å². The highest BCUT2D eigenvalue weighted by Gasteiger charge is 2.43. The monoisotopic (exact) mass is 517 g/mol. The zero-order chi connectivity index (χ0) is 27.7. The summed E-state index contributed by atoms with van der Waals surface area (Å²) in [7, 11) is 1.80. The molecule has 6 nitrogen and oxygen atoms in total. The number of hydrogen-bond acceptors (Lipinski definition) is 4. The molecule has 0 saturated heterocycles. The molecule has 0 aliphatic rings. The number of amides is 1. The van der Waals surface area contributed by atoms with Gasteiger partial charge in [-0.25, -0.2) is 4.99 Å². The zero-order valence-electron chi connectivity index (χ0n) is 22.6. The fourth-order valence-corrected chi connectivity index (χ4v) is 4.85. The second kappa shape index (κ2) is 12.7. The van der Waals surface area contributed by atoms with E-state index in [1.165, 1.54) is 11.9 Å². The summed E-state index contributed by atoms with van der Waals surface area (Å²) in [6.07, 6.45) is 4.83. The van der Waals surface area contributed by atoms with E-state index in [4.69, 9.17) is 5.73 Å². The predicted octanol–water partition coefficient (Wildman–Crippen LogP) is 5.46. The molecule has 0 fully saturated rings. The Hall–Kier alpha value is -4.71. The van der Waals surface area contributed by atoms with Crippen LogP contribution in [0.15, 0.2) is 121 Å². The number of nitrogens with two attached hydrogens (primary N) is 1. The third kappa shape index (κ3) is 6.07. The third-order valence-corrected chi connectivity index (χ3v) is 6.87. The van der Waals surface area contributed by atoms with Crippen LogP contribution in [0.1, 0.15) is 34.7 Å². The Balaban J connectivity index is 1.61. The summed E-state index contributed by atoms with van der Waals surface area (Å²) in [5.74, 6) is -0.168. The molecule has 4 aromatic rings. The predicted molar refractivity (Wildman–Crippen MR) is 159 cm³/mol. The lowest BCUT2D eigenvalue weighted by molar-refractivity contribution is -0.134. The molecule has 0 bridgehead atoms. The van der Waals surface area contributed by atoms with Crippen molar-refractivity contribution in [1.29, 1.82) is 0 Å². The number of likely N-dealkylation sites (N-methyl/N-ethyl adjacent to an activating group) is 1. The Labute approximate surface area is 231 Å². The number of benzene rings is 3. The van der Waals surface area contributed by atoms with Crippen molar-refractivity contribution in [3.8, 4) is 0 Å². The maximum Gasteiger partial charge on any atom is 0.259 e. The summed E-state index contributed by atoms with van der Waals surface area (Å²) < 4.78 is 0. The minimum atomic E-state index is -1.29. The van der Waals surface area contributed by atoms with Gasteiger partial charge in [-0.2, -0.15) is 0 Å². The summed E-state index contributed by atoms with van der Waals surface area (Å²) in [6, 6.07) is 31.4. The topological polar surface area (TPSA) is 74.8 Å². The number of aliphatic imine (C=N–C) groups is 1. The number of carbonyl (C=O) groups excluding carboxylic acids is 1. The molecule has 1 heterocycles. The average Bonchev–Trinajstić information content (AvgIpc) is 2.99. The molecular formula is C33H35N5O. The van der Waals surface area contributed by atoms with Gasteiger partial charge in [-0.3, -0.25) is 9.78 Å². The van der Waals surface area contributed by atoms with Gasteiger partial charge in [0.15, 0.2) is 5.54 Å². The van der Waals surface area contributed by atoms with E-state index in [2.05, 4.69) is 40.5 Å². The third-order valence-electron chi connectivity index (χ3n) is 6.87. The molecule has 1 aromatic heterocycles. The Morgan fingerprint density at radius 1 is 0.897 bits per heavy atom. The number of rotatable bonds is 11. The molecule has 1 amide bonds. The second-order valence-electron chi connectivity index (χ2n) is 9.40. The van der Waals surface area contributed by atoms with Crippen molar-refractivity contribution in [2.45, 2.75) is 25.6 Å². The van der Waals surface area contributed by atoms with Gasteiger partial charge in [0, 0.05) is 44.8 Å². The highest BCUT2D eigenvalue weighted by atomic mass is 16.2. The summed E-state index contributed by atoms with van der Waals surface area (Å²) in [5.41, 5.74) is 10.2. The van der Waals surface area contributed by atoms with Crippen molar-refractivity contribution in [3.05, 3.63) is 144 Å². The molecule has 0 aliphatic heterocycles. The zero-order valence-corrected chi connectivity index (χ0v) is 22.6. The summed E-state index contributed by atoms with van der Waals surface area (Å²) >= 11 is 0. The van der Waals surface area contributed by atoms with Crippen LogP contribution in [0.25, 0.3) is 5.70 Å². The van der Waals surface area contributed by atoms with Gasteiger partial charge in [0.05, 0.1) is 6.34 Å². The first-order valence-corrected chi connectivity index (χ1v) is 13.0. The van der Waals surface area contributed by atoms with Crippen molar-refractivity contribution in [2.24, 2.45) is 10.7 Å². The van der Waals surface area contributed by atoms with Crippen LogP contribution >= 0.6 is 0 Å². The van der Waals surface area contributed by atoms with Gasteiger partial charge in [-0.15, -0.1) is 0 Å². The van der Waals surface area contributed by atoms with Crippen molar-refractivity contribution in [2.75, 3.05) is 13.6 Å². The van der Waals surface area contributed by atoms with Crippen LogP contribution < -0.4 is 5.73 Å². The molecule has 0 atom stereocenters. The van der Waals surface area contributed by atoms with Crippen LogP contribution in [0.5, 0.6) is 0 Å². The first-order valence-electron chi connectivity index (χ1n) is 13.0. The van der Waals surface area contributed by atoms with Crippen LogP contribution in [0.2, 0.25) is 0 Å². The lowest BCUT2D eigenvalue weighted by atomic mass is 9.82. The van der Waals surface area contributed by atoms with Crippen molar-refractivity contribution in [3.63, 3.8) is 0 Å². The quantitative estimate of drug-likeness (QED) is 0.212. The molecule has 2 N–H and O–H groups in total. The molecule has 0 unspecified atom stereocenters. The van der Waals surface area contributed by atoms with E-state index in [0.29, 0.717) is 6.54 Å². The summed E-state index contributed by atoms with van der Waals surface area (Å²) in [5, 5.41) is 0. The van der Waals surface area contributed by atoms with Gasteiger partial charge in [0.2, 0.25) is 0 Å². The second-order valence-corrected chi connectivity index (χ2v) is 9.40. The molecule has 6 heteroatoms. The smallest absolute Gasteiger partial charge is 0.259 e. The molecule has 4 rings (SSSR count). The summed E-state index contributed by atoms with van der Waals surface area (Å²) in [6.45, 7) is 8.47. The standard InChI is InChI=1S/C33H35N5O/c1-4-38(24-27-18-20-35-21-19-27)26(2)29-13-11-12-28(22-29)23-37(3)32(39)33(36-25-34,30-14-7-5-8-15-30)31-16-9-6-10-17-31/h5-22,25H,2,4,23-24H2,1,3H3,(H2,34,36). The van der Waals surface area contributed by atoms with E-state index in [1.54, 1.807) is 24.3 Å². The molecule has 39 heavy (non-hydrogen) atoms. The van der Waals surface area contributed by atoms with E-state index in [-0.39, 0.29) is 5.91 Å².